The number of ether oxygens (including phenoxy) is 1. The van der Waals surface area contributed by atoms with Gasteiger partial charge in [0.25, 0.3) is 11.6 Å². The van der Waals surface area contributed by atoms with Crippen LogP contribution in [0.4, 0.5) is 11.4 Å². The number of nitro groups is 1. The van der Waals surface area contributed by atoms with Gasteiger partial charge in [0.2, 0.25) is 0 Å². The average Bonchev–Trinajstić information content (AvgIpc) is 2.85. The molecule has 1 aromatic heterocycles. The van der Waals surface area contributed by atoms with Crippen molar-refractivity contribution in [3.05, 3.63) is 75.5 Å². The summed E-state index contributed by atoms with van der Waals surface area (Å²) in [5.74, 6) is -0.730. The molecule has 3 aromatic rings. The molecule has 1 amide bonds. The Morgan fingerprint density at radius 2 is 1.97 bits per heavy atom. The summed E-state index contributed by atoms with van der Waals surface area (Å²) in [4.78, 5) is 41.0. The Kier molecular flexibility index (Phi) is 6.82. The van der Waals surface area contributed by atoms with Gasteiger partial charge in [0.1, 0.15) is 0 Å². The zero-order valence-corrected chi connectivity index (χ0v) is 20.2. The van der Waals surface area contributed by atoms with E-state index in [1.165, 1.54) is 24.3 Å². The van der Waals surface area contributed by atoms with Crippen molar-refractivity contribution in [1.29, 1.82) is 0 Å². The second kappa shape index (κ2) is 9.82. The molecule has 0 radical (unpaired) electrons. The number of aromatic nitrogens is 1. The Morgan fingerprint density at radius 1 is 1.20 bits per heavy atom. The predicted octanol–water partition coefficient (Wildman–Crippen LogP) is 5.48. The second-order valence-electron chi connectivity index (χ2n) is 9.64. The van der Waals surface area contributed by atoms with Crippen molar-refractivity contribution in [2.45, 2.75) is 46.5 Å². The number of aryl methyl sites for hydroxylation is 1. The number of esters is 1. The zero-order chi connectivity index (χ0) is 25.2. The van der Waals surface area contributed by atoms with Crippen LogP contribution < -0.4 is 5.32 Å². The third kappa shape index (κ3) is 5.16. The van der Waals surface area contributed by atoms with Crippen molar-refractivity contribution in [3.8, 4) is 0 Å². The third-order valence-electron chi connectivity index (χ3n) is 7.15. The minimum atomic E-state index is -0.573. The lowest BCUT2D eigenvalue weighted by Gasteiger charge is -2.37. The quantitative estimate of drug-likeness (QED) is 0.275. The number of non-ortho nitro benzene ring substituents is 1. The number of nitro benzene ring substituents is 1. The molecule has 0 saturated carbocycles. The van der Waals surface area contributed by atoms with Crippen molar-refractivity contribution in [1.82, 2.24) is 4.98 Å². The molecule has 0 spiro atoms. The first-order valence-corrected chi connectivity index (χ1v) is 11.8. The molecule has 1 atom stereocenters. The van der Waals surface area contributed by atoms with E-state index in [2.05, 4.69) is 26.1 Å². The number of para-hydroxylation sites is 1. The average molecular weight is 476 g/mol. The minimum absolute atomic E-state index is 0.128. The van der Waals surface area contributed by atoms with Gasteiger partial charge in [-0.15, -0.1) is 0 Å². The maximum absolute atomic E-state index is 13.3. The normalized spacial score (nSPS) is 15.3. The van der Waals surface area contributed by atoms with E-state index in [4.69, 9.17) is 9.72 Å². The highest BCUT2D eigenvalue weighted by molar-refractivity contribution is 6.06. The van der Waals surface area contributed by atoms with Gasteiger partial charge in [-0.2, -0.15) is 0 Å². The molecule has 0 fully saturated rings. The zero-order valence-electron chi connectivity index (χ0n) is 20.2. The number of benzene rings is 2. The van der Waals surface area contributed by atoms with Crippen LogP contribution in [0.3, 0.4) is 0 Å². The number of fused-ring (bicyclic) bond motifs is 2. The van der Waals surface area contributed by atoms with Gasteiger partial charge in [-0.3, -0.25) is 19.9 Å². The molecular formula is C27H29N3O5. The van der Waals surface area contributed by atoms with E-state index in [0.717, 1.165) is 42.5 Å². The Labute approximate surface area is 203 Å². The number of rotatable bonds is 7. The van der Waals surface area contributed by atoms with Crippen LogP contribution in [0.15, 0.2) is 48.5 Å². The highest BCUT2D eigenvalue weighted by atomic mass is 16.6. The molecule has 1 unspecified atom stereocenters. The van der Waals surface area contributed by atoms with Crippen LogP contribution in [0.1, 0.15) is 55.2 Å². The first-order valence-electron chi connectivity index (χ1n) is 11.8. The number of nitrogens with one attached hydrogen (secondary N) is 1. The number of anilines is 1. The van der Waals surface area contributed by atoms with Gasteiger partial charge < -0.3 is 10.1 Å². The number of nitrogens with zero attached hydrogens (tertiary/aromatic N) is 2. The van der Waals surface area contributed by atoms with Gasteiger partial charge in [0.05, 0.1) is 16.0 Å². The van der Waals surface area contributed by atoms with Gasteiger partial charge in [0, 0.05) is 28.9 Å². The molecule has 35 heavy (non-hydrogen) atoms. The third-order valence-corrected chi connectivity index (χ3v) is 7.15. The minimum Gasteiger partial charge on any atom is -0.452 e. The highest BCUT2D eigenvalue weighted by Crippen LogP contribution is 2.41. The van der Waals surface area contributed by atoms with Gasteiger partial charge >= 0.3 is 5.97 Å². The van der Waals surface area contributed by atoms with Crippen molar-refractivity contribution >= 4 is 34.2 Å². The Bertz CT molecular complexity index is 1300. The van der Waals surface area contributed by atoms with Crippen LogP contribution in [0, 0.1) is 21.4 Å². The van der Waals surface area contributed by atoms with E-state index in [0.29, 0.717) is 16.9 Å². The van der Waals surface area contributed by atoms with Gasteiger partial charge in [0.15, 0.2) is 6.61 Å². The molecule has 2 aromatic carbocycles. The van der Waals surface area contributed by atoms with E-state index >= 15 is 0 Å². The van der Waals surface area contributed by atoms with Crippen LogP contribution in [0.5, 0.6) is 0 Å². The fraction of sp³-hybridized carbons (Fsp3) is 0.370. The number of hydrogen-bond acceptors (Lipinski definition) is 6. The summed E-state index contributed by atoms with van der Waals surface area (Å²) in [6, 6.07) is 13.1. The summed E-state index contributed by atoms with van der Waals surface area (Å²) in [5.41, 5.74) is 3.28. The summed E-state index contributed by atoms with van der Waals surface area (Å²) in [5, 5.41) is 14.2. The SMILES string of the molecule is CCC(C)(C)C1CCc2nc3ccccc3c(C(=O)OCC(=O)Nc3cccc([N+](=O)[O-])c3)c2C1. The molecular weight excluding hydrogens is 446 g/mol. The molecule has 1 aliphatic carbocycles. The summed E-state index contributed by atoms with van der Waals surface area (Å²) >= 11 is 0. The van der Waals surface area contributed by atoms with E-state index in [-0.39, 0.29) is 16.8 Å². The van der Waals surface area contributed by atoms with Crippen LogP contribution in [0.25, 0.3) is 10.9 Å². The molecule has 8 nitrogen and oxygen atoms in total. The van der Waals surface area contributed by atoms with Gasteiger partial charge in [-0.05, 0) is 48.3 Å². The molecule has 0 aliphatic heterocycles. The molecule has 0 bridgehead atoms. The fourth-order valence-corrected chi connectivity index (χ4v) is 4.67. The molecule has 4 rings (SSSR count). The molecule has 1 aliphatic rings. The van der Waals surface area contributed by atoms with Gasteiger partial charge in [-0.25, -0.2) is 4.79 Å². The van der Waals surface area contributed by atoms with Crippen LogP contribution in [-0.4, -0.2) is 28.4 Å². The Hall–Kier alpha value is -3.81. The van der Waals surface area contributed by atoms with E-state index in [1.54, 1.807) is 0 Å². The maximum atomic E-state index is 13.3. The van der Waals surface area contributed by atoms with Crippen molar-refractivity contribution in [2.24, 2.45) is 11.3 Å². The van der Waals surface area contributed by atoms with Crippen molar-refractivity contribution in [2.75, 3.05) is 11.9 Å². The number of carbonyl (C=O) groups is 2. The lowest BCUT2D eigenvalue weighted by atomic mass is 9.68. The highest BCUT2D eigenvalue weighted by Gasteiger charge is 2.34. The smallest absolute Gasteiger partial charge is 0.339 e. The summed E-state index contributed by atoms with van der Waals surface area (Å²) < 4.78 is 5.45. The van der Waals surface area contributed by atoms with E-state index in [9.17, 15) is 19.7 Å². The predicted molar refractivity (Wildman–Crippen MR) is 133 cm³/mol. The summed E-state index contributed by atoms with van der Waals surface area (Å²) in [7, 11) is 0. The lowest BCUT2D eigenvalue weighted by Crippen LogP contribution is -2.31. The molecule has 1 heterocycles. The van der Waals surface area contributed by atoms with Crippen LogP contribution in [0.2, 0.25) is 0 Å². The first-order chi connectivity index (χ1) is 16.7. The molecule has 8 heteroatoms. The second-order valence-corrected chi connectivity index (χ2v) is 9.64. The molecule has 1 N–H and O–H groups in total. The number of carbonyl (C=O) groups excluding carboxylic acids is 2. The first kappa shape index (κ1) is 24.3. The lowest BCUT2D eigenvalue weighted by molar-refractivity contribution is -0.384. The van der Waals surface area contributed by atoms with Gasteiger partial charge in [-0.1, -0.05) is 51.5 Å². The maximum Gasteiger partial charge on any atom is 0.339 e. The van der Waals surface area contributed by atoms with Crippen LogP contribution in [-0.2, 0) is 22.4 Å². The molecule has 182 valence electrons. The Morgan fingerprint density at radius 3 is 2.71 bits per heavy atom. The summed E-state index contributed by atoms with van der Waals surface area (Å²) in [6.07, 6.45) is 3.57. The summed E-state index contributed by atoms with van der Waals surface area (Å²) in [6.45, 7) is 6.20. The Balaban J connectivity index is 1.57. The van der Waals surface area contributed by atoms with Crippen molar-refractivity contribution in [3.63, 3.8) is 0 Å². The topological polar surface area (TPSA) is 111 Å². The largest absolute Gasteiger partial charge is 0.452 e. The van der Waals surface area contributed by atoms with Crippen molar-refractivity contribution < 1.29 is 19.2 Å². The van der Waals surface area contributed by atoms with Crippen LogP contribution >= 0.6 is 0 Å². The van der Waals surface area contributed by atoms with E-state index in [1.807, 2.05) is 24.3 Å². The standard InChI is InChI=1S/C27H29N3O5/c1-4-27(2,3)17-12-13-23-21(14-17)25(20-10-5-6-11-22(20)29-23)26(32)35-16-24(31)28-18-8-7-9-19(15-18)30(33)34/h5-11,15,17H,4,12-14,16H2,1-3H3,(H,28,31). The number of hydrogen-bond donors (Lipinski definition) is 1. The van der Waals surface area contributed by atoms with E-state index < -0.39 is 23.4 Å². The number of pyridine rings is 1. The number of amides is 1. The molecule has 0 saturated heterocycles. The monoisotopic (exact) mass is 475 g/mol. The fourth-order valence-electron chi connectivity index (χ4n) is 4.67.